The van der Waals surface area contributed by atoms with E-state index in [2.05, 4.69) is 246 Å². The van der Waals surface area contributed by atoms with Crippen molar-refractivity contribution in [1.29, 1.82) is 0 Å². The zero-order chi connectivity index (χ0) is 70.0. The molecule has 2 aliphatic heterocycles. The Hall–Kier alpha value is 2.01. The van der Waals surface area contributed by atoms with Gasteiger partial charge in [-0.2, -0.15) is 23.3 Å². The molecule has 6 atom stereocenters. The second-order valence-electron chi connectivity index (χ2n) is 31.3. The molecule has 0 aromatic heterocycles. The van der Waals surface area contributed by atoms with Gasteiger partial charge in [0.1, 0.15) is 0 Å². The Balaban J connectivity index is -0.000000192. The van der Waals surface area contributed by atoms with Gasteiger partial charge in [0.15, 0.2) is 0 Å². The van der Waals surface area contributed by atoms with E-state index in [1.54, 1.807) is 0 Å². The van der Waals surface area contributed by atoms with E-state index in [0.29, 0.717) is 71.3 Å². The maximum absolute atomic E-state index is 7.75. The van der Waals surface area contributed by atoms with Crippen LogP contribution in [0.25, 0.3) is 10.6 Å². The van der Waals surface area contributed by atoms with Gasteiger partial charge < -0.3 is 58.6 Å². The number of rotatable bonds is 20. The molecule has 0 aromatic carbocycles. The van der Waals surface area contributed by atoms with Crippen LogP contribution in [0.5, 0.6) is 0 Å². The Kier molecular flexibility index (Phi) is 71.4. The molecular weight excluding hydrogens is 1390 g/mol. The zero-order valence-electron chi connectivity index (χ0n) is 65.1. The zero-order valence-corrected chi connectivity index (χ0v) is 74.2. The molecule has 536 valence electrons. The van der Waals surface area contributed by atoms with Crippen molar-refractivity contribution >= 4 is 70.5 Å². The largest absolute Gasteiger partial charge is 4.00 e. The van der Waals surface area contributed by atoms with Gasteiger partial charge in [-0.05, 0) is 239 Å². The van der Waals surface area contributed by atoms with Crippen molar-refractivity contribution in [2.75, 3.05) is 13.1 Å². The van der Waals surface area contributed by atoms with Crippen LogP contribution in [0, 0.1) is 72.3 Å². The molecule has 6 unspecified atom stereocenters. The van der Waals surface area contributed by atoms with Gasteiger partial charge in [0, 0.05) is 31.7 Å². The fraction of sp³-hybridized carbons (Fsp3) is 0.921. The van der Waals surface area contributed by atoms with Gasteiger partial charge in [-0.3, -0.25) is 36.5 Å². The minimum atomic E-state index is -0.0957. The monoisotopic (exact) mass is 1550 g/mol. The molecule has 4 aliphatic rings. The van der Waals surface area contributed by atoms with Crippen molar-refractivity contribution in [2.24, 2.45) is 69.4 Å². The molecule has 0 amide bonds. The maximum Gasteiger partial charge on any atom is 4.00 e. The summed E-state index contributed by atoms with van der Waals surface area (Å²) in [6.45, 7) is 96.2. The number of hydrogen-bond acceptors (Lipinski definition) is 6. The van der Waals surface area contributed by atoms with Gasteiger partial charge in [-0.25, -0.2) is 0 Å². The number of piperidine rings is 2. The molecule has 0 bridgehead atoms. The van der Waals surface area contributed by atoms with Crippen LogP contribution in [-0.4, -0.2) is 117 Å². The molecule has 0 aromatic rings. The van der Waals surface area contributed by atoms with E-state index in [-0.39, 0.29) is 81.4 Å². The van der Waals surface area contributed by atoms with Gasteiger partial charge in [0.25, 0.3) is 0 Å². The molecule has 4 fully saturated rings. The van der Waals surface area contributed by atoms with Gasteiger partial charge in [0.05, 0.1) is 80.0 Å². The minimum absolute atomic E-state index is 0. The van der Waals surface area contributed by atoms with Crippen molar-refractivity contribution in [1.82, 2.24) is 0 Å². The molecular formula is C76H156N4O2P4Ru2S2+4. The van der Waals surface area contributed by atoms with Crippen LogP contribution >= 0.6 is 31.7 Å². The SMILES string of the molecule is CC(C)[PH+](C(C)C)C(C)C.CC(C)[PH+](C(C)C)C(C)C.CC(C)[PH+](C(C)C)C(C)C.CC(C)[PH+](C(C)C)C(C)C.[CH-]=CC1CC(C(C)C)C(N=NC2C(C(C)C)CC(C=[CH-])CC2C(C)C)C(C(C)C)C1.[CH-]=O.[CH-]=O.[Ru+4].[Ru+4].[S-]C1CCCC[N-]1.[S-]C1CCCC[N-]1. The Bertz CT molecular complexity index is 1370. The van der Waals surface area contributed by atoms with E-state index >= 15 is 0 Å². The summed E-state index contributed by atoms with van der Waals surface area (Å²) in [4.78, 5) is 15.5. The molecule has 2 aliphatic carbocycles. The average molecular weight is 1550 g/mol. The number of hydrogen-bond donors (Lipinski definition) is 0. The first kappa shape index (κ1) is 105. The fourth-order valence-corrected chi connectivity index (χ4v) is 32.3. The van der Waals surface area contributed by atoms with Crippen molar-refractivity contribution in [2.45, 2.75) is 377 Å². The molecule has 2 saturated heterocycles. The molecule has 4 rings (SSSR count). The van der Waals surface area contributed by atoms with Crippen LogP contribution < -0.4 is 0 Å². The van der Waals surface area contributed by atoms with Crippen LogP contribution in [0.2, 0.25) is 0 Å². The maximum atomic E-state index is 7.75. The van der Waals surface area contributed by atoms with E-state index in [1.807, 2.05) is 12.2 Å². The van der Waals surface area contributed by atoms with E-state index < -0.39 is 0 Å². The standard InChI is InChI=1S/C28H48N2.4C9H21P.2C5H10NS.2CHO.2Ru/c1-11-21-13-23(17(3)4)27(24(14-21)18(5)6)29-30-28-25(19(7)8)15-22(12-2)16-26(28)20(9)10;4*1-7(2)10(8(3)4)9(5)6;2*7-5-3-1-2-4-6-5;2*1-2;;/h1-2,11-12,17-28H,13-16H2,3-10H3;4*7-9H,1-6H3;2*5,7H,1-4H2;2*1H;;/q-2;;;;;4*-1;2*+4/p+2. The van der Waals surface area contributed by atoms with E-state index in [0.717, 1.165) is 120 Å². The number of allylic oxidation sites excluding steroid dienone is 2. The first-order chi connectivity index (χ1) is 40.7. The topological polar surface area (TPSA) is 87.1 Å². The summed E-state index contributed by atoms with van der Waals surface area (Å²) in [5.41, 5.74) is 11.2. The summed E-state index contributed by atoms with van der Waals surface area (Å²) >= 11 is 9.84. The third-order valence-electron chi connectivity index (χ3n) is 18.7. The van der Waals surface area contributed by atoms with Crippen LogP contribution in [0.15, 0.2) is 22.4 Å². The number of carbonyl (C=O) groups excluding carboxylic acids is 2. The van der Waals surface area contributed by atoms with Crippen molar-refractivity contribution in [3.63, 3.8) is 0 Å². The van der Waals surface area contributed by atoms with Gasteiger partial charge >= 0.3 is 39.0 Å². The van der Waals surface area contributed by atoms with E-state index in [1.165, 1.54) is 25.7 Å². The van der Waals surface area contributed by atoms with Gasteiger partial charge in [-0.1, -0.05) is 106 Å². The van der Waals surface area contributed by atoms with Crippen molar-refractivity contribution in [3.8, 4) is 0 Å². The summed E-state index contributed by atoms with van der Waals surface area (Å²) < 4.78 is 0. The van der Waals surface area contributed by atoms with Gasteiger partial charge in [-0.15, -0.1) is 0 Å². The molecule has 0 radical (unpaired) electrons. The molecule has 0 N–H and O–H groups in total. The number of azo groups is 1. The summed E-state index contributed by atoms with van der Waals surface area (Å²) in [6, 6.07) is 0.640. The van der Waals surface area contributed by atoms with Crippen LogP contribution in [0.1, 0.15) is 286 Å². The van der Waals surface area contributed by atoms with Crippen LogP contribution in [-0.2, 0) is 73.8 Å². The predicted molar refractivity (Wildman–Crippen MR) is 424 cm³/mol. The quantitative estimate of drug-likeness (QED) is 0.0303. The third-order valence-corrected chi connectivity index (χ3v) is 35.5. The second-order valence-corrected chi connectivity index (χ2v) is 50.2. The van der Waals surface area contributed by atoms with E-state index in [9.17, 15) is 0 Å². The second kappa shape index (κ2) is 60.9. The molecule has 90 heavy (non-hydrogen) atoms. The van der Waals surface area contributed by atoms with Crippen LogP contribution in [0.4, 0.5) is 0 Å². The molecule has 0 spiro atoms. The molecule has 2 saturated carbocycles. The molecule has 2 heterocycles. The normalized spacial score (nSPS) is 23.5. The summed E-state index contributed by atoms with van der Waals surface area (Å²) in [5, 5.41) is 19.2. The molecule has 14 heteroatoms. The Morgan fingerprint density at radius 2 is 0.500 bits per heavy atom. The minimum Gasteiger partial charge on any atom is -0.812 e. The first-order valence-electron chi connectivity index (χ1n) is 35.8. The van der Waals surface area contributed by atoms with Crippen LogP contribution in [0.3, 0.4) is 0 Å². The van der Waals surface area contributed by atoms with E-state index in [4.69, 9.17) is 58.2 Å². The number of nitrogens with zero attached hydrogens (tertiary/aromatic N) is 4. The Morgan fingerprint density at radius 3 is 0.578 bits per heavy atom. The Labute approximate surface area is 609 Å². The first-order valence-corrected chi connectivity index (χ1v) is 43.7. The van der Waals surface area contributed by atoms with Crippen molar-refractivity contribution in [3.05, 3.63) is 35.9 Å². The summed E-state index contributed by atoms with van der Waals surface area (Å²) in [6.07, 6.45) is 15.8. The molecule has 6 nitrogen and oxygen atoms in total. The van der Waals surface area contributed by atoms with Crippen molar-refractivity contribution < 1.29 is 48.5 Å². The summed E-state index contributed by atoms with van der Waals surface area (Å²) in [5.74, 6) is 5.66. The summed E-state index contributed by atoms with van der Waals surface area (Å²) in [7, 11) is -0.383. The Morgan fingerprint density at radius 1 is 0.333 bits per heavy atom. The predicted octanol–water partition coefficient (Wildman–Crippen LogP) is 24.0. The third kappa shape index (κ3) is 47.1. The smallest absolute Gasteiger partial charge is 0.812 e. The average Bonchev–Trinajstić information content (AvgIpc) is 1.52. The fourth-order valence-electron chi connectivity index (χ4n) is 15.8. The van der Waals surface area contributed by atoms with Gasteiger partial charge in [0.2, 0.25) is 0 Å².